The molecule has 0 radical (unpaired) electrons. The number of aryl methyl sites for hydroxylation is 1. The summed E-state index contributed by atoms with van der Waals surface area (Å²) >= 11 is 2.01. The first-order chi connectivity index (χ1) is 10.3. The van der Waals surface area contributed by atoms with Crippen molar-refractivity contribution in [2.75, 3.05) is 11.5 Å². The van der Waals surface area contributed by atoms with E-state index in [-0.39, 0.29) is 0 Å². The molecule has 1 unspecified atom stereocenters. The average molecular weight is 299 g/mol. The summed E-state index contributed by atoms with van der Waals surface area (Å²) in [5.41, 5.74) is 1.91. The Morgan fingerprint density at radius 2 is 2.29 bits per heavy atom. The highest BCUT2D eigenvalue weighted by molar-refractivity contribution is 7.99. The number of imidazole rings is 1. The van der Waals surface area contributed by atoms with Crippen LogP contribution in [0.5, 0.6) is 0 Å². The van der Waals surface area contributed by atoms with Gasteiger partial charge in [0.05, 0.1) is 0 Å². The van der Waals surface area contributed by atoms with E-state index in [0.717, 1.165) is 34.3 Å². The van der Waals surface area contributed by atoms with Gasteiger partial charge in [-0.15, -0.1) is 0 Å². The van der Waals surface area contributed by atoms with Gasteiger partial charge in [0, 0.05) is 18.0 Å². The van der Waals surface area contributed by atoms with Crippen LogP contribution in [0.1, 0.15) is 24.6 Å². The van der Waals surface area contributed by atoms with Gasteiger partial charge in [0.1, 0.15) is 11.3 Å². The summed E-state index contributed by atoms with van der Waals surface area (Å²) in [6, 6.07) is 8.40. The minimum atomic E-state index is 0.448. The van der Waals surface area contributed by atoms with Gasteiger partial charge in [0.15, 0.2) is 17.2 Å². The molecule has 108 valence electrons. The summed E-state index contributed by atoms with van der Waals surface area (Å²) in [6.07, 6.45) is 4.27. The van der Waals surface area contributed by atoms with Crippen molar-refractivity contribution in [2.24, 2.45) is 0 Å². The van der Waals surface area contributed by atoms with Crippen LogP contribution in [-0.4, -0.2) is 26.0 Å². The first kappa shape index (κ1) is 13.0. The van der Waals surface area contributed by atoms with E-state index in [9.17, 15) is 0 Å². The molecule has 0 amide bonds. The summed E-state index contributed by atoms with van der Waals surface area (Å²) in [5.74, 6) is 5.03. The van der Waals surface area contributed by atoms with Crippen molar-refractivity contribution in [1.82, 2.24) is 14.5 Å². The van der Waals surface area contributed by atoms with E-state index >= 15 is 0 Å². The molecular weight excluding hydrogens is 282 g/mol. The summed E-state index contributed by atoms with van der Waals surface area (Å²) in [5, 5.41) is 0. The second-order valence-electron chi connectivity index (χ2n) is 5.43. The molecule has 5 heteroatoms. The second-order valence-corrected chi connectivity index (χ2v) is 6.58. The molecule has 4 nitrogen and oxygen atoms in total. The maximum atomic E-state index is 5.81. The maximum absolute atomic E-state index is 5.81. The molecule has 1 aliphatic rings. The molecule has 0 aliphatic carbocycles. The lowest BCUT2D eigenvalue weighted by atomic mass is 10.2. The molecule has 3 aromatic heterocycles. The Morgan fingerprint density at radius 3 is 3.05 bits per heavy atom. The molecule has 0 aromatic carbocycles. The van der Waals surface area contributed by atoms with Crippen molar-refractivity contribution in [1.29, 1.82) is 0 Å². The van der Waals surface area contributed by atoms with E-state index in [1.807, 2.05) is 49.1 Å². The first-order valence-corrected chi connectivity index (χ1v) is 8.46. The number of fused-ring (bicyclic) bond motifs is 1. The van der Waals surface area contributed by atoms with E-state index in [1.54, 1.807) is 0 Å². The predicted molar refractivity (Wildman–Crippen MR) is 85.6 cm³/mol. The lowest BCUT2D eigenvalue weighted by molar-refractivity contribution is 0.495. The average Bonchev–Trinajstić information content (AvgIpc) is 3.11. The van der Waals surface area contributed by atoms with E-state index in [4.69, 9.17) is 9.40 Å². The van der Waals surface area contributed by atoms with Crippen molar-refractivity contribution in [3.8, 4) is 11.6 Å². The number of thioether (sulfide) groups is 1. The van der Waals surface area contributed by atoms with E-state index in [2.05, 4.69) is 9.55 Å². The Kier molecular flexibility index (Phi) is 3.22. The van der Waals surface area contributed by atoms with Crippen LogP contribution < -0.4 is 0 Å². The SMILES string of the molecule is Cc1ccc(-c2nc3cccnc3n2C2CCCSC2)o1. The molecule has 0 spiro atoms. The Hall–Kier alpha value is -1.75. The Morgan fingerprint density at radius 1 is 1.33 bits per heavy atom. The van der Waals surface area contributed by atoms with Gasteiger partial charge in [0.25, 0.3) is 0 Å². The normalized spacial score (nSPS) is 19.2. The van der Waals surface area contributed by atoms with Gasteiger partial charge in [0.2, 0.25) is 0 Å². The van der Waals surface area contributed by atoms with Gasteiger partial charge < -0.3 is 8.98 Å². The van der Waals surface area contributed by atoms with Crippen molar-refractivity contribution in [3.05, 3.63) is 36.2 Å². The van der Waals surface area contributed by atoms with Gasteiger partial charge in [-0.25, -0.2) is 9.97 Å². The highest BCUT2D eigenvalue weighted by Gasteiger charge is 2.24. The lowest BCUT2D eigenvalue weighted by Gasteiger charge is -2.24. The van der Waals surface area contributed by atoms with Crippen LogP contribution in [0, 0.1) is 6.92 Å². The van der Waals surface area contributed by atoms with E-state index in [1.165, 1.54) is 18.6 Å². The van der Waals surface area contributed by atoms with Crippen LogP contribution in [0.15, 0.2) is 34.9 Å². The van der Waals surface area contributed by atoms with Crippen LogP contribution in [0.2, 0.25) is 0 Å². The fourth-order valence-corrected chi connectivity index (χ4v) is 4.06. The number of aromatic nitrogens is 3. The zero-order valence-corrected chi connectivity index (χ0v) is 12.8. The monoisotopic (exact) mass is 299 g/mol. The highest BCUT2D eigenvalue weighted by Crippen LogP contribution is 2.34. The summed E-state index contributed by atoms with van der Waals surface area (Å²) in [4.78, 5) is 9.33. The first-order valence-electron chi connectivity index (χ1n) is 7.30. The number of furan rings is 1. The third kappa shape index (κ3) is 2.25. The molecule has 1 aliphatic heterocycles. The zero-order chi connectivity index (χ0) is 14.2. The maximum Gasteiger partial charge on any atom is 0.178 e. The molecule has 3 aromatic rings. The largest absolute Gasteiger partial charge is 0.458 e. The number of pyridine rings is 1. The van der Waals surface area contributed by atoms with Crippen LogP contribution >= 0.6 is 11.8 Å². The van der Waals surface area contributed by atoms with Crippen molar-refractivity contribution >= 4 is 22.9 Å². The van der Waals surface area contributed by atoms with Crippen molar-refractivity contribution in [3.63, 3.8) is 0 Å². The summed E-state index contributed by atoms with van der Waals surface area (Å²) in [7, 11) is 0. The van der Waals surface area contributed by atoms with Crippen molar-refractivity contribution < 1.29 is 4.42 Å². The lowest BCUT2D eigenvalue weighted by Crippen LogP contribution is -2.17. The number of hydrogen-bond acceptors (Lipinski definition) is 4. The predicted octanol–water partition coefficient (Wildman–Crippen LogP) is 4.07. The van der Waals surface area contributed by atoms with E-state index < -0.39 is 0 Å². The van der Waals surface area contributed by atoms with E-state index in [0.29, 0.717) is 6.04 Å². The third-order valence-electron chi connectivity index (χ3n) is 3.91. The Labute approximate surface area is 127 Å². The smallest absolute Gasteiger partial charge is 0.178 e. The summed E-state index contributed by atoms with van der Waals surface area (Å²) in [6.45, 7) is 1.96. The van der Waals surface area contributed by atoms with Crippen LogP contribution in [-0.2, 0) is 0 Å². The van der Waals surface area contributed by atoms with Gasteiger partial charge in [-0.1, -0.05) is 0 Å². The van der Waals surface area contributed by atoms with Gasteiger partial charge in [-0.2, -0.15) is 11.8 Å². The Bertz CT molecular complexity index is 771. The molecule has 1 atom stereocenters. The number of hydrogen-bond donors (Lipinski definition) is 0. The molecule has 0 bridgehead atoms. The standard InChI is InChI=1S/C16H17N3OS/c1-11-6-7-14(20-11)16-18-13-5-2-8-17-15(13)19(16)12-4-3-9-21-10-12/h2,5-8,12H,3-4,9-10H2,1H3. The van der Waals surface area contributed by atoms with Crippen LogP contribution in [0.25, 0.3) is 22.7 Å². The quantitative estimate of drug-likeness (QED) is 0.715. The topological polar surface area (TPSA) is 43.9 Å². The van der Waals surface area contributed by atoms with Crippen LogP contribution in [0.4, 0.5) is 0 Å². The molecule has 1 fully saturated rings. The molecule has 21 heavy (non-hydrogen) atoms. The molecule has 4 heterocycles. The molecule has 1 saturated heterocycles. The Balaban J connectivity index is 1.92. The fraction of sp³-hybridized carbons (Fsp3) is 0.375. The van der Waals surface area contributed by atoms with Crippen LogP contribution in [0.3, 0.4) is 0 Å². The number of nitrogens with zero attached hydrogens (tertiary/aromatic N) is 3. The minimum absolute atomic E-state index is 0.448. The molecule has 4 rings (SSSR count). The number of rotatable bonds is 2. The van der Waals surface area contributed by atoms with Gasteiger partial charge >= 0.3 is 0 Å². The second kappa shape index (κ2) is 5.22. The van der Waals surface area contributed by atoms with Gasteiger partial charge in [-0.3, -0.25) is 0 Å². The summed E-state index contributed by atoms with van der Waals surface area (Å²) < 4.78 is 8.09. The highest BCUT2D eigenvalue weighted by atomic mass is 32.2. The van der Waals surface area contributed by atoms with Crippen molar-refractivity contribution in [2.45, 2.75) is 25.8 Å². The third-order valence-corrected chi connectivity index (χ3v) is 5.11. The molecular formula is C16H17N3OS. The zero-order valence-electron chi connectivity index (χ0n) is 12.0. The molecule has 0 saturated carbocycles. The fourth-order valence-electron chi connectivity index (χ4n) is 2.93. The minimum Gasteiger partial charge on any atom is -0.458 e. The molecule has 0 N–H and O–H groups in total. The van der Waals surface area contributed by atoms with Gasteiger partial charge in [-0.05, 0) is 49.8 Å².